The zero-order valence-corrected chi connectivity index (χ0v) is 15.7. The van der Waals surface area contributed by atoms with Crippen molar-refractivity contribution in [3.8, 4) is 0 Å². The summed E-state index contributed by atoms with van der Waals surface area (Å²) in [5, 5.41) is 13.7. The van der Waals surface area contributed by atoms with E-state index >= 15 is 0 Å². The van der Waals surface area contributed by atoms with Gasteiger partial charge in [0.2, 0.25) is 0 Å². The van der Waals surface area contributed by atoms with Gasteiger partial charge in [-0.3, -0.25) is 4.99 Å². The molecule has 2 rings (SSSR count). The average Bonchev–Trinajstić information content (AvgIpc) is 3.11. The van der Waals surface area contributed by atoms with Crippen LogP contribution in [0.2, 0.25) is 0 Å². The van der Waals surface area contributed by atoms with Gasteiger partial charge in [-0.2, -0.15) is 0 Å². The van der Waals surface area contributed by atoms with E-state index in [1.165, 1.54) is 0 Å². The molecule has 2 N–H and O–H groups in total. The molecular formula is C15H26IN3O3. The Morgan fingerprint density at radius 3 is 3.00 bits per heavy atom. The van der Waals surface area contributed by atoms with Gasteiger partial charge in [-0.15, -0.1) is 24.0 Å². The van der Waals surface area contributed by atoms with Crippen molar-refractivity contribution in [3.05, 3.63) is 24.2 Å². The predicted molar refractivity (Wildman–Crippen MR) is 96.6 cm³/mol. The van der Waals surface area contributed by atoms with E-state index in [1.54, 1.807) is 39.5 Å². The van der Waals surface area contributed by atoms with E-state index in [9.17, 15) is 5.11 Å². The fraction of sp³-hybridized carbons (Fsp3) is 0.667. The third kappa shape index (κ3) is 4.85. The lowest BCUT2D eigenvalue weighted by atomic mass is 10.0. The third-order valence-corrected chi connectivity index (χ3v) is 3.84. The van der Waals surface area contributed by atoms with Gasteiger partial charge in [0, 0.05) is 33.2 Å². The van der Waals surface area contributed by atoms with Gasteiger partial charge in [0.25, 0.3) is 0 Å². The van der Waals surface area contributed by atoms with Crippen LogP contribution in [0.4, 0.5) is 0 Å². The van der Waals surface area contributed by atoms with Gasteiger partial charge >= 0.3 is 0 Å². The van der Waals surface area contributed by atoms with E-state index in [0.29, 0.717) is 18.2 Å². The molecule has 1 aliphatic heterocycles. The molecule has 2 unspecified atom stereocenters. The van der Waals surface area contributed by atoms with Gasteiger partial charge in [-0.25, -0.2) is 0 Å². The van der Waals surface area contributed by atoms with Crippen molar-refractivity contribution in [2.24, 2.45) is 10.9 Å². The molecule has 2 heterocycles. The van der Waals surface area contributed by atoms with Gasteiger partial charge in [-0.05, 0) is 25.5 Å². The molecule has 1 saturated heterocycles. The van der Waals surface area contributed by atoms with Crippen LogP contribution < -0.4 is 5.32 Å². The van der Waals surface area contributed by atoms with E-state index in [0.717, 1.165) is 32.1 Å². The monoisotopic (exact) mass is 423 g/mol. The maximum absolute atomic E-state index is 10.4. The Morgan fingerprint density at radius 2 is 2.41 bits per heavy atom. The normalized spacial score (nSPS) is 21.4. The van der Waals surface area contributed by atoms with Crippen molar-refractivity contribution in [3.63, 3.8) is 0 Å². The second-order valence-electron chi connectivity index (χ2n) is 5.71. The van der Waals surface area contributed by atoms with Crippen molar-refractivity contribution in [2.45, 2.75) is 18.9 Å². The maximum Gasteiger partial charge on any atom is 0.193 e. The zero-order chi connectivity index (χ0) is 15.3. The average molecular weight is 423 g/mol. The summed E-state index contributed by atoms with van der Waals surface area (Å²) in [5.41, 5.74) is -1.06. The number of likely N-dealkylation sites (tertiary alicyclic amines) is 1. The maximum atomic E-state index is 10.4. The molecule has 126 valence electrons. The fourth-order valence-corrected chi connectivity index (χ4v) is 2.65. The molecule has 0 radical (unpaired) electrons. The van der Waals surface area contributed by atoms with Crippen LogP contribution in [-0.4, -0.2) is 56.4 Å². The van der Waals surface area contributed by atoms with E-state index in [2.05, 4.69) is 15.2 Å². The van der Waals surface area contributed by atoms with E-state index < -0.39 is 5.60 Å². The lowest BCUT2D eigenvalue weighted by Crippen LogP contribution is -2.45. The van der Waals surface area contributed by atoms with Crippen molar-refractivity contribution in [1.82, 2.24) is 10.2 Å². The second kappa shape index (κ2) is 8.73. The molecule has 1 aromatic heterocycles. The SMILES string of the molecule is CN=C(NCC(C)(O)c1ccco1)N1CCC(COC)C1.I. The number of nitrogens with zero attached hydrogens (tertiary/aromatic N) is 2. The molecule has 22 heavy (non-hydrogen) atoms. The highest BCUT2D eigenvalue weighted by molar-refractivity contribution is 14.0. The first-order valence-electron chi connectivity index (χ1n) is 7.27. The Morgan fingerprint density at radius 1 is 1.64 bits per heavy atom. The molecule has 0 spiro atoms. The van der Waals surface area contributed by atoms with Crippen LogP contribution in [0.25, 0.3) is 0 Å². The summed E-state index contributed by atoms with van der Waals surface area (Å²) in [4.78, 5) is 6.49. The number of hydrogen-bond acceptors (Lipinski definition) is 4. The van der Waals surface area contributed by atoms with Crippen LogP contribution in [0, 0.1) is 5.92 Å². The van der Waals surface area contributed by atoms with Crippen molar-refractivity contribution in [1.29, 1.82) is 0 Å². The Labute approximate surface area is 148 Å². The van der Waals surface area contributed by atoms with Gasteiger partial charge in [0.05, 0.1) is 19.4 Å². The highest BCUT2D eigenvalue weighted by atomic mass is 127. The predicted octanol–water partition coefficient (Wildman–Crippen LogP) is 1.65. The summed E-state index contributed by atoms with van der Waals surface area (Å²) in [6, 6.07) is 3.54. The summed E-state index contributed by atoms with van der Waals surface area (Å²) in [7, 11) is 3.49. The Hall–Kier alpha value is -0.800. The number of halogens is 1. The highest BCUT2D eigenvalue weighted by Crippen LogP contribution is 2.20. The number of rotatable bonds is 5. The molecule has 0 aromatic carbocycles. The van der Waals surface area contributed by atoms with Gasteiger partial charge < -0.3 is 24.5 Å². The molecule has 1 aromatic rings. The van der Waals surface area contributed by atoms with Crippen LogP contribution in [-0.2, 0) is 10.3 Å². The number of methoxy groups -OCH3 is 1. The van der Waals surface area contributed by atoms with Crippen LogP contribution in [0.15, 0.2) is 27.8 Å². The Balaban J connectivity index is 0.00000242. The Bertz CT molecular complexity index is 463. The number of nitrogens with one attached hydrogen (secondary N) is 1. The minimum Gasteiger partial charge on any atom is -0.466 e. The molecule has 0 saturated carbocycles. The quantitative estimate of drug-likeness (QED) is 0.428. The number of aliphatic hydroxyl groups is 1. The number of furan rings is 1. The van der Waals surface area contributed by atoms with Crippen LogP contribution in [0.5, 0.6) is 0 Å². The van der Waals surface area contributed by atoms with E-state index in [1.807, 2.05) is 0 Å². The second-order valence-corrected chi connectivity index (χ2v) is 5.71. The van der Waals surface area contributed by atoms with Crippen molar-refractivity contribution in [2.75, 3.05) is 40.4 Å². The molecule has 2 atom stereocenters. The lowest BCUT2D eigenvalue weighted by molar-refractivity contribution is 0.0380. The smallest absolute Gasteiger partial charge is 0.193 e. The standard InChI is InChI=1S/C15H25N3O3.HI/c1-15(19,13-5-4-8-21-13)11-17-14(16-2)18-7-6-12(9-18)10-20-3;/h4-5,8,12,19H,6-7,9-11H2,1-3H3,(H,16,17);1H. The van der Waals surface area contributed by atoms with Crippen LogP contribution in [0.3, 0.4) is 0 Å². The first-order chi connectivity index (χ1) is 10.1. The summed E-state index contributed by atoms with van der Waals surface area (Å²) in [6.07, 6.45) is 2.66. The first-order valence-corrected chi connectivity index (χ1v) is 7.27. The zero-order valence-electron chi connectivity index (χ0n) is 13.4. The topological polar surface area (TPSA) is 70.2 Å². The summed E-state index contributed by atoms with van der Waals surface area (Å²) >= 11 is 0. The molecular weight excluding hydrogens is 397 g/mol. The Kier molecular flexibility index (Phi) is 7.64. The van der Waals surface area contributed by atoms with Crippen LogP contribution in [0.1, 0.15) is 19.1 Å². The molecule has 0 aliphatic carbocycles. The highest BCUT2D eigenvalue weighted by Gasteiger charge is 2.29. The third-order valence-electron chi connectivity index (χ3n) is 3.84. The van der Waals surface area contributed by atoms with Crippen molar-refractivity contribution >= 4 is 29.9 Å². The minimum absolute atomic E-state index is 0. The summed E-state index contributed by atoms with van der Waals surface area (Å²) in [5.74, 6) is 1.89. The summed E-state index contributed by atoms with van der Waals surface area (Å²) < 4.78 is 10.5. The molecule has 1 aliphatic rings. The van der Waals surface area contributed by atoms with Crippen molar-refractivity contribution < 1.29 is 14.3 Å². The van der Waals surface area contributed by atoms with Gasteiger partial charge in [0.15, 0.2) is 5.96 Å². The first kappa shape index (κ1) is 19.2. The molecule has 6 nitrogen and oxygen atoms in total. The molecule has 0 amide bonds. The van der Waals surface area contributed by atoms with Crippen LogP contribution >= 0.6 is 24.0 Å². The number of hydrogen-bond donors (Lipinski definition) is 2. The van der Waals surface area contributed by atoms with Gasteiger partial charge in [0.1, 0.15) is 11.4 Å². The fourth-order valence-electron chi connectivity index (χ4n) is 2.65. The van der Waals surface area contributed by atoms with Gasteiger partial charge in [-0.1, -0.05) is 0 Å². The number of ether oxygens (including phenoxy) is 1. The summed E-state index contributed by atoms with van der Waals surface area (Å²) in [6.45, 7) is 4.73. The van der Waals surface area contributed by atoms with E-state index in [4.69, 9.17) is 9.15 Å². The molecule has 7 heteroatoms. The molecule has 0 bridgehead atoms. The number of guanidine groups is 1. The molecule has 1 fully saturated rings. The lowest BCUT2D eigenvalue weighted by Gasteiger charge is -2.26. The minimum atomic E-state index is -1.06. The van der Waals surface area contributed by atoms with E-state index in [-0.39, 0.29) is 24.0 Å². The largest absolute Gasteiger partial charge is 0.466 e. The number of aliphatic imine (C=N–C) groups is 1.